The van der Waals surface area contributed by atoms with Gasteiger partial charge < -0.3 is 10.6 Å². The van der Waals surface area contributed by atoms with Crippen LogP contribution in [-0.4, -0.2) is 14.1 Å². The maximum atomic E-state index is 13.9. The summed E-state index contributed by atoms with van der Waals surface area (Å²) in [6.07, 6.45) is 2.64. The first-order chi connectivity index (χ1) is 7.47. The zero-order chi connectivity index (χ0) is 12.3. The second-order valence-electron chi connectivity index (χ2n) is 4.08. The number of halogens is 1. The second-order valence-corrected chi connectivity index (χ2v) is 4.08. The molecule has 1 rings (SSSR count). The van der Waals surface area contributed by atoms with Crippen LogP contribution in [0.25, 0.3) is 5.70 Å². The average molecular weight is 222 g/mol. The number of allylic oxidation sites excluding steroid dienone is 1. The van der Waals surface area contributed by atoms with Gasteiger partial charge in [-0.05, 0) is 31.0 Å². The second kappa shape index (κ2) is 5.01. The highest BCUT2D eigenvalue weighted by molar-refractivity contribution is 5.68. The van der Waals surface area contributed by atoms with E-state index in [0.29, 0.717) is 11.3 Å². The topological polar surface area (TPSA) is 29.3 Å². The van der Waals surface area contributed by atoms with Gasteiger partial charge in [-0.3, -0.25) is 0 Å². The van der Waals surface area contributed by atoms with Crippen molar-refractivity contribution in [1.29, 1.82) is 0 Å². The third-order valence-corrected chi connectivity index (χ3v) is 2.50. The lowest BCUT2D eigenvalue weighted by Gasteiger charge is -2.16. The highest BCUT2D eigenvalue weighted by atomic mass is 19.1. The Morgan fingerprint density at radius 3 is 2.50 bits per heavy atom. The fraction of sp³-hybridized carbons (Fsp3) is 0.385. The Hall–Kier alpha value is -1.51. The number of aryl methyl sites for hydroxylation is 1. The molecule has 0 fully saturated rings. The Bertz CT molecular complexity index is 385. The van der Waals surface area contributed by atoms with Gasteiger partial charge in [0.25, 0.3) is 0 Å². The van der Waals surface area contributed by atoms with Crippen molar-refractivity contribution < 1.29 is 4.39 Å². The first-order valence-corrected chi connectivity index (χ1v) is 5.40. The zero-order valence-electron chi connectivity index (χ0n) is 10.3. The van der Waals surface area contributed by atoms with Crippen molar-refractivity contribution in [3.05, 3.63) is 35.2 Å². The van der Waals surface area contributed by atoms with Crippen LogP contribution in [0, 0.1) is 12.7 Å². The van der Waals surface area contributed by atoms with E-state index >= 15 is 0 Å². The molecule has 0 saturated carbocycles. The molecule has 1 aromatic carbocycles. The molecule has 0 heterocycles. The summed E-state index contributed by atoms with van der Waals surface area (Å²) >= 11 is 0. The van der Waals surface area contributed by atoms with Crippen molar-refractivity contribution in [3.8, 4) is 0 Å². The maximum Gasteiger partial charge on any atom is 0.134 e. The van der Waals surface area contributed by atoms with Crippen LogP contribution in [0.4, 0.5) is 10.1 Å². The number of hydrogen-bond donors (Lipinski definition) is 1. The highest BCUT2D eigenvalue weighted by Gasteiger charge is 2.10. The van der Waals surface area contributed by atoms with Crippen molar-refractivity contribution in [1.82, 2.24) is 0 Å². The minimum Gasteiger partial charge on any atom is -0.398 e. The molecule has 0 radical (unpaired) electrons. The largest absolute Gasteiger partial charge is 0.398 e. The Kier molecular flexibility index (Phi) is 3.93. The number of benzene rings is 1. The van der Waals surface area contributed by atoms with Crippen molar-refractivity contribution in [2.45, 2.75) is 20.3 Å². The van der Waals surface area contributed by atoms with Gasteiger partial charge in [0.2, 0.25) is 0 Å². The lowest BCUT2D eigenvalue weighted by molar-refractivity contribution is 0.622. The van der Waals surface area contributed by atoms with E-state index in [2.05, 4.69) is 0 Å². The molecule has 0 amide bonds. The van der Waals surface area contributed by atoms with Crippen LogP contribution in [0.3, 0.4) is 0 Å². The Morgan fingerprint density at radius 2 is 2.06 bits per heavy atom. The summed E-state index contributed by atoms with van der Waals surface area (Å²) < 4.78 is 13.9. The van der Waals surface area contributed by atoms with Gasteiger partial charge in [-0.1, -0.05) is 13.0 Å². The monoisotopic (exact) mass is 222 g/mol. The molecule has 3 heteroatoms. The number of hydrogen-bond acceptors (Lipinski definition) is 2. The van der Waals surface area contributed by atoms with Crippen molar-refractivity contribution in [2.24, 2.45) is 5.73 Å². The predicted molar refractivity (Wildman–Crippen MR) is 67.9 cm³/mol. The number of nitrogens with two attached hydrogens (primary N) is 1. The fourth-order valence-corrected chi connectivity index (χ4v) is 1.67. The van der Waals surface area contributed by atoms with E-state index in [1.165, 1.54) is 6.07 Å². The van der Waals surface area contributed by atoms with E-state index in [1.54, 1.807) is 0 Å². The van der Waals surface area contributed by atoms with Gasteiger partial charge in [-0.2, -0.15) is 0 Å². The molecule has 0 aliphatic carbocycles. The van der Waals surface area contributed by atoms with E-state index in [9.17, 15) is 4.39 Å². The zero-order valence-corrected chi connectivity index (χ0v) is 10.3. The first kappa shape index (κ1) is 12.6. The molecular formula is C13H19FN2. The fourth-order valence-electron chi connectivity index (χ4n) is 1.67. The van der Waals surface area contributed by atoms with E-state index < -0.39 is 0 Å². The van der Waals surface area contributed by atoms with E-state index in [0.717, 1.165) is 17.7 Å². The number of anilines is 1. The van der Waals surface area contributed by atoms with Crippen LogP contribution in [0.2, 0.25) is 0 Å². The summed E-state index contributed by atoms with van der Waals surface area (Å²) in [7, 11) is 3.78. The van der Waals surface area contributed by atoms with Gasteiger partial charge in [0.05, 0.1) is 0 Å². The molecule has 0 aromatic heterocycles. The Morgan fingerprint density at radius 1 is 1.44 bits per heavy atom. The molecule has 0 spiro atoms. The molecule has 2 nitrogen and oxygen atoms in total. The van der Waals surface area contributed by atoms with Gasteiger partial charge >= 0.3 is 0 Å². The molecule has 0 unspecified atom stereocenters. The van der Waals surface area contributed by atoms with Crippen LogP contribution in [0.5, 0.6) is 0 Å². The maximum absolute atomic E-state index is 13.9. The Balaban J connectivity index is 3.28. The minimum absolute atomic E-state index is 0.258. The van der Waals surface area contributed by atoms with Crippen molar-refractivity contribution in [2.75, 3.05) is 19.0 Å². The molecule has 0 aliphatic rings. The lowest BCUT2D eigenvalue weighted by atomic mass is 10.0. The van der Waals surface area contributed by atoms with Crippen LogP contribution >= 0.6 is 0 Å². The smallest absolute Gasteiger partial charge is 0.134 e. The summed E-state index contributed by atoms with van der Waals surface area (Å²) in [6.45, 7) is 3.86. The summed E-state index contributed by atoms with van der Waals surface area (Å²) in [5.74, 6) is -0.258. The molecule has 2 N–H and O–H groups in total. The first-order valence-electron chi connectivity index (χ1n) is 5.40. The van der Waals surface area contributed by atoms with E-state index in [-0.39, 0.29) is 5.82 Å². The van der Waals surface area contributed by atoms with E-state index in [1.807, 2.05) is 45.0 Å². The summed E-state index contributed by atoms with van der Waals surface area (Å²) in [5.41, 5.74) is 8.59. The van der Waals surface area contributed by atoms with Gasteiger partial charge in [-0.25, -0.2) is 4.39 Å². The molecule has 0 atom stereocenters. The minimum atomic E-state index is -0.258. The third-order valence-electron chi connectivity index (χ3n) is 2.50. The number of nitrogens with zero attached hydrogens (tertiary/aromatic N) is 1. The van der Waals surface area contributed by atoms with Gasteiger partial charge in [-0.15, -0.1) is 0 Å². The normalized spacial score (nSPS) is 11.7. The molecule has 0 saturated heterocycles. The number of rotatable bonds is 3. The summed E-state index contributed by atoms with van der Waals surface area (Å²) in [4.78, 5) is 1.87. The van der Waals surface area contributed by atoms with Crippen LogP contribution in [0.15, 0.2) is 18.2 Å². The Labute approximate surface area is 96.6 Å². The molecular weight excluding hydrogens is 203 g/mol. The molecule has 88 valence electrons. The highest BCUT2D eigenvalue weighted by Crippen LogP contribution is 2.24. The summed E-state index contributed by atoms with van der Waals surface area (Å²) in [6, 6.07) is 3.45. The molecule has 1 aromatic rings. The van der Waals surface area contributed by atoms with Gasteiger partial charge in [0, 0.05) is 31.0 Å². The van der Waals surface area contributed by atoms with Crippen LogP contribution < -0.4 is 10.6 Å². The average Bonchev–Trinajstić information content (AvgIpc) is 2.16. The standard InChI is InChI=1S/C13H19FN2/c1-5-6-12(15)13-9(2)7-10(16(3)4)8-11(13)14/h6-8H,5,15H2,1-4H3/b12-6+. The van der Waals surface area contributed by atoms with Crippen molar-refractivity contribution in [3.63, 3.8) is 0 Å². The summed E-state index contributed by atoms with van der Waals surface area (Å²) in [5, 5.41) is 0. The van der Waals surface area contributed by atoms with Gasteiger partial charge in [0.1, 0.15) is 5.82 Å². The quantitative estimate of drug-likeness (QED) is 0.852. The van der Waals surface area contributed by atoms with Crippen LogP contribution in [-0.2, 0) is 0 Å². The predicted octanol–water partition coefficient (Wildman–Crippen LogP) is 2.91. The SMILES string of the molecule is CC/C=C(/N)c1c(C)cc(N(C)C)cc1F. The van der Waals surface area contributed by atoms with E-state index in [4.69, 9.17) is 5.73 Å². The van der Waals surface area contributed by atoms with Crippen LogP contribution in [0.1, 0.15) is 24.5 Å². The van der Waals surface area contributed by atoms with Crippen molar-refractivity contribution >= 4 is 11.4 Å². The third kappa shape index (κ3) is 2.54. The molecule has 0 aliphatic heterocycles. The lowest BCUT2D eigenvalue weighted by Crippen LogP contribution is -2.11. The molecule has 16 heavy (non-hydrogen) atoms. The molecule has 0 bridgehead atoms. The van der Waals surface area contributed by atoms with Gasteiger partial charge in [0.15, 0.2) is 0 Å².